The maximum atomic E-state index is 5.70. The molecule has 0 radical (unpaired) electrons. The van der Waals surface area contributed by atoms with Crippen LogP contribution in [0.5, 0.6) is 5.75 Å². The lowest BCUT2D eigenvalue weighted by Crippen LogP contribution is -2.21. The van der Waals surface area contributed by atoms with Gasteiger partial charge in [-0.25, -0.2) is 0 Å². The zero-order chi connectivity index (χ0) is 14.3. The maximum absolute atomic E-state index is 5.70. The number of ether oxygens (including phenoxy) is 1. The third-order valence-electron chi connectivity index (χ3n) is 2.65. The van der Waals surface area contributed by atoms with Gasteiger partial charge in [-0.1, -0.05) is 15.9 Å². The molecule has 108 valence electrons. The molecule has 0 bridgehead atoms. The number of hydrogen-bond acceptors (Lipinski definition) is 3. The molecule has 0 atom stereocenters. The van der Waals surface area contributed by atoms with Crippen molar-refractivity contribution in [2.45, 2.75) is 19.9 Å². The van der Waals surface area contributed by atoms with Crippen molar-refractivity contribution in [2.75, 3.05) is 33.8 Å². The zero-order valence-electron chi connectivity index (χ0n) is 11.8. The Labute approximate surface area is 133 Å². The summed E-state index contributed by atoms with van der Waals surface area (Å²) in [5, 5.41) is 3.46. The van der Waals surface area contributed by atoms with Crippen LogP contribution in [-0.2, 0) is 6.54 Å². The first-order valence-electron chi connectivity index (χ1n) is 6.50. The Morgan fingerprint density at radius 1 is 1.26 bits per heavy atom. The Bertz CT molecular complexity index is 397. The van der Waals surface area contributed by atoms with Crippen molar-refractivity contribution in [3.63, 3.8) is 0 Å². The van der Waals surface area contributed by atoms with Crippen LogP contribution < -0.4 is 10.1 Å². The van der Waals surface area contributed by atoms with Crippen LogP contribution in [0.4, 0.5) is 0 Å². The highest BCUT2D eigenvalue weighted by Gasteiger charge is 2.09. The van der Waals surface area contributed by atoms with Gasteiger partial charge >= 0.3 is 0 Å². The SMILES string of the molecule is CCOc1c(Br)cc(Br)cc1CNCCCN(C)C. The number of nitrogens with one attached hydrogen (secondary N) is 1. The Morgan fingerprint density at radius 2 is 2.00 bits per heavy atom. The van der Waals surface area contributed by atoms with Gasteiger partial charge in [0, 0.05) is 16.6 Å². The minimum atomic E-state index is 0.674. The lowest BCUT2D eigenvalue weighted by Gasteiger charge is -2.14. The van der Waals surface area contributed by atoms with Crippen molar-refractivity contribution in [1.82, 2.24) is 10.2 Å². The first-order chi connectivity index (χ1) is 9.04. The molecule has 3 nitrogen and oxygen atoms in total. The highest BCUT2D eigenvalue weighted by Crippen LogP contribution is 2.32. The standard InChI is InChI=1S/C14H22Br2N2O/c1-4-19-14-11(8-12(15)9-13(14)16)10-17-6-5-7-18(2)3/h8-9,17H,4-7,10H2,1-3H3. The molecular formula is C14H22Br2N2O. The van der Waals surface area contributed by atoms with E-state index in [4.69, 9.17) is 4.74 Å². The molecule has 0 fully saturated rings. The molecule has 0 saturated heterocycles. The molecule has 1 rings (SSSR count). The number of benzene rings is 1. The second kappa shape index (κ2) is 8.95. The van der Waals surface area contributed by atoms with Crippen molar-refractivity contribution in [3.05, 3.63) is 26.6 Å². The van der Waals surface area contributed by atoms with Crippen molar-refractivity contribution in [2.24, 2.45) is 0 Å². The minimum absolute atomic E-state index is 0.674. The largest absolute Gasteiger partial charge is 0.492 e. The minimum Gasteiger partial charge on any atom is -0.492 e. The average Bonchev–Trinajstić information content (AvgIpc) is 2.32. The van der Waals surface area contributed by atoms with Gasteiger partial charge in [0.15, 0.2) is 0 Å². The summed E-state index contributed by atoms with van der Waals surface area (Å²) in [7, 11) is 4.19. The van der Waals surface area contributed by atoms with Gasteiger partial charge in [0.25, 0.3) is 0 Å². The fourth-order valence-corrected chi connectivity index (χ4v) is 3.22. The molecule has 0 aromatic heterocycles. The maximum Gasteiger partial charge on any atom is 0.138 e. The second-order valence-electron chi connectivity index (χ2n) is 4.64. The molecule has 0 aliphatic carbocycles. The highest BCUT2D eigenvalue weighted by molar-refractivity contribution is 9.11. The van der Waals surface area contributed by atoms with E-state index >= 15 is 0 Å². The molecule has 0 aliphatic heterocycles. The van der Waals surface area contributed by atoms with Gasteiger partial charge in [-0.05, 0) is 68.6 Å². The summed E-state index contributed by atoms with van der Waals surface area (Å²) in [6.45, 7) is 5.61. The van der Waals surface area contributed by atoms with Crippen molar-refractivity contribution < 1.29 is 4.74 Å². The second-order valence-corrected chi connectivity index (χ2v) is 6.41. The number of hydrogen-bond donors (Lipinski definition) is 1. The Kier molecular flexibility index (Phi) is 7.99. The summed E-state index contributed by atoms with van der Waals surface area (Å²) in [5.74, 6) is 0.936. The van der Waals surface area contributed by atoms with E-state index in [0.29, 0.717) is 6.61 Å². The predicted molar refractivity (Wildman–Crippen MR) is 87.9 cm³/mol. The molecule has 0 heterocycles. The van der Waals surface area contributed by atoms with Crippen LogP contribution in [-0.4, -0.2) is 38.7 Å². The van der Waals surface area contributed by atoms with E-state index in [-0.39, 0.29) is 0 Å². The number of rotatable bonds is 8. The summed E-state index contributed by atoms with van der Waals surface area (Å²) < 4.78 is 7.76. The van der Waals surface area contributed by atoms with E-state index in [0.717, 1.165) is 40.8 Å². The van der Waals surface area contributed by atoms with Gasteiger partial charge in [0.1, 0.15) is 5.75 Å². The summed E-state index contributed by atoms with van der Waals surface area (Å²) in [5.41, 5.74) is 1.17. The van der Waals surface area contributed by atoms with E-state index in [9.17, 15) is 0 Å². The highest BCUT2D eigenvalue weighted by atomic mass is 79.9. The third-order valence-corrected chi connectivity index (χ3v) is 3.70. The van der Waals surface area contributed by atoms with E-state index in [2.05, 4.69) is 62.2 Å². The van der Waals surface area contributed by atoms with Gasteiger partial charge in [-0.2, -0.15) is 0 Å². The molecule has 1 N–H and O–H groups in total. The monoisotopic (exact) mass is 392 g/mol. The molecule has 0 saturated carbocycles. The Hall–Kier alpha value is -0.100. The normalized spacial score (nSPS) is 11.1. The van der Waals surface area contributed by atoms with Crippen LogP contribution in [0.15, 0.2) is 21.1 Å². The summed E-state index contributed by atoms with van der Waals surface area (Å²) in [6, 6.07) is 4.12. The van der Waals surface area contributed by atoms with E-state index in [1.54, 1.807) is 0 Å². The van der Waals surface area contributed by atoms with Crippen LogP contribution in [0.1, 0.15) is 18.9 Å². The molecule has 0 spiro atoms. The van der Waals surface area contributed by atoms with E-state index in [1.807, 2.05) is 13.0 Å². The quantitative estimate of drug-likeness (QED) is 0.682. The summed E-state index contributed by atoms with van der Waals surface area (Å²) >= 11 is 7.07. The first-order valence-corrected chi connectivity index (χ1v) is 8.09. The van der Waals surface area contributed by atoms with Crippen molar-refractivity contribution in [3.8, 4) is 5.75 Å². The fraction of sp³-hybridized carbons (Fsp3) is 0.571. The van der Waals surface area contributed by atoms with Gasteiger partial charge in [-0.15, -0.1) is 0 Å². The Balaban J connectivity index is 2.56. The van der Waals surface area contributed by atoms with Crippen LogP contribution in [0.3, 0.4) is 0 Å². The molecule has 1 aromatic carbocycles. The van der Waals surface area contributed by atoms with Crippen LogP contribution in [0.25, 0.3) is 0 Å². The van der Waals surface area contributed by atoms with Gasteiger partial charge in [-0.3, -0.25) is 0 Å². The zero-order valence-corrected chi connectivity index (χ0v) is 15.0. The average molecular weight is 394 g/mol. The predicted octanol–water partition coefficient (Wildman–Crippen LogP) is 3.65. The molecule has 0 unspecified atom stereocenters. The van der Waals surface area contributed by atoms with Crippen molar-refractivity contribution in [1.29, 1.82) is 0 Å². The van der Waals surface area contributed by atoms with Crippen molar-refractivity contribution >= 4 is 31.9 Å². The van der Waals surface area contributed by atoms with Gasteiger partial charge in [0.05, 0.1) is 11.1 Å². The third kappa shape index (κ3) is 6.25. The molecule has 0 aliphatic rings. The molecular weight excluding hydrogens is 372 g/mol. The number of nitrogens with zero attached hydrogens (tertiary/aromatic N) is 1. The van der Waals surface area contributed by atoms with E-state index in [1.165, 1.54) is 5.56 Å². The molecule has 5 heteroatoms. The Morgan fingerprint density at radius 3 is 2.63 bits per heavy atom. The summed E-state index contributed by atoms with van der Waals surface area (Å²) in [6.07, 6.45) is 1.14. The summed E-state index contributed by atoms with van der Waals surface area (Å²) in [4.78, 5) is 2.20. The first kappa shape index (κ1) is 17.0. The molecule has 19 heavy (non-hydrogen) atoms. The lowest BCUT2D eigenvalue weighted by molar-refractivity contribution is 0.333. The van der Waals surface area contributed by atoms with Crippen LogP contribution >= 0.6 is 31.9 Å². The van der Waals surface area contributed by atoms with E-state index < -0.39 is 0 Å². The van der Waals surface area contributed by atoms with Gasteiger partial charge < -0.3 is 15.0 Å². The fourth-order valence-electron chi connectivity index (χ4n) is 1.79. The van der Waals surface area contributed by atoms with Crippen LogP contribution in [0, 0.1) is 0 Å². The topological polar surface area (TPSA) is 24.5 Å². The number of halogens is 2. The smallest absolute Gasteiger partial charge is 0.138 e. The lowest BCUT2D eigenvalue weighted by atomic mass is 10.2. The molecule has 0 amide bonds. The van der Waals surface area contributed by atoms with Crippen LogP contribution in [0.2, 0.25) is 0 Å². The molecule has 1 aromatic rings. The van der Waals surface area contributed by atoms with Gasteiger partial charge in [0.2, 0.25) is 0 Å².